The van der Waals surface area contributed by atoms with Crippen molar-refractivity contribution in [2.24, 2.45) is 0 Å². The fourth-order valence-electron chi connectivity index (χ4n) is 2.85. The highest BCUT2D eigenvalue weighted by Crippen LogP contribution is 2.07. The summed E-state index contributed by atoms with van der Waals surface area (Å²) in [5.41, 5.74) is 0. The standard InChI is InChI=1S/C18H35N2/c1-4-7-9-11-13-18-19(14-6-3)16-17-20(18)15-12-10-8-5-2/h16-17H,4-15H2,1-3H3/q+1. The molecule has 116 valence electrons. The molecule has 0 amide bonds. The highest BCUT2D eigenvalue weighted by molar-refractivity contribution is 4.84. The van der Waals surface area contributed by atoms with E-state index in [0.29, 0.717) is 0 Å². The van der Waals surface area contributed by atoms with Crippen LogP contribution in [0.15, 0.2) is 12.4 Å². The molecule has 0 N–H and O–H groups in total. The molecule has 0 unspecified atom stereocenters. The van der Waals surface area contributed by atoms with Gasteiger partial charge in [0.05, 0.1) is 13.1 Å². The van der Waals surface area contributed by atoms with Crippen LogP contribution in [0.1, 0.15) is 84.4 Å². The molecule has 0 aliphatic carbocycles. The molecule has 1 aromatic heterocycles. The number of aromatic nitrogens is 2. The van der Waals surface area contributed by atoms with Gasteiger partial charge in [-0.2, -0.15) is 0 Å². The van der Waals surface area contributed by atoms with Crippen molar-refractivity contribution in [1.29, 1.82) is 0 Å². The van der Waals surface area contributed by atoms with Crippen LogP contribution in [0.5, 0.6) is 0 Å². The van der Waals surface area contributed by atoms with Crippen molar-refractivity contribution >= 4 is 0 Å². The predicted octanol–water partition coefficient (Wildman–Crippen LogP) is 4.89. The zero-order valence-electron chi connectivity index (χ0n) is 14.0. The Hall–Kier alpha value is -0.790. The van der Waals surface area contributed by atoms with Gasteiger partial charge in [-0.3, -0.25) is 0 Å². The molecule has 0 spiro atoms. The Bertz CT molecular complexity index is 341. The first-order valence-corrected chi connectivity index (χ1v) is 8.90. The van der Waals surface area contributed by atoms with E-state index in [4.69, 9.17) is 0 Å². The van der Waals surface area contributed by atoms with Gasteiger partial charge < -0.3 is 0 Å². The van der Waals surface area contributed by atoms with Gasteiger partial charge in [-0.1, -0.05) is 52.9 Å². The molecule has 20 heavy (non-hydrogen) atoms. The van der Waals surface area contributed by atoms with Crippen LogP contribution in [0.4, 0.5) is 0 Å². The first-order valence-electron chi connectivity index (χ1n) is 8.90. The van der Waals surface area contributed by atoms with Crippen LogP contribution in [-0.4, -0.2) is 4.57 Å². The van der Waals surface area contributed by atoms with Gasteiger partial charge >= 0.3 is 0 Å². The van der Waals surface area contributed by atoms with E-state index in [1.54, 1.807) is 5.82 Å². The van der Waals surface area contributed by atoms with Gasteiger partial charge in [-0.05, 0) is 25.7 Å². The third-order valence-corrected chi connectivity index (χ3v) is 4.06. The van der Waals surface area contributed by atoms with Crippen LogP contribution in [-0.2, 0) is 19.5 Å². The van der Waals surface area contributed by atoms with Gasteiger partial charge in [0.25, 0.3) is 5.82 Å². The van der Waals surface area contributed by atoms with Gasteiger partial charge in [0.1, 0.15) is 12.4 Å². The van der Waals surface area contributed by atoms with E-state index >= 15 is 0 Å². The average molecular weight is 279 g/mol. The van der Waals surface area contributed by atoms with E-state index in [1.165, 1.54) is 77.3 Å². The highest BCUT2D eigenvalue weighted by atomic mass is 15.1. The molecular formula is C18H35N2+. The molecular weight excluding hydrogens is 244 g/mol. The van der Waals surface area contributed by atoms with Crippen molar-refractivity contribution in [3.63, 3.8) is 0 Å². The Labute approximate surface area is 126 Å². The number of hydrogen-bond donors (Lipinski definition) is 0. The summed E-state index contributed by atoms with van der Waals surface area (Å²) >= 11 is 0. The number of aryl methyl sites for hydroxylation is 2. The quantitative estimate of drug-likeness (QED) is 0.380. The maximum absolute atomic E-state index is 2.51. The van der Waals surface area contributed by atoms with Crippen molar-refractivity contribution in [2.75, 3.05) is 0 Å². The lowest BCUT2D eigenvalue weighted by atomic mass is 10.1. The summed E-state index contributed by atoms with van der Waals surface area (Å²) in [6, 6.07) is 0. The van der Waals surface area contributed by atoms with Crippen LogP contribution in [0, 0.1) is 0 Å². The molecule has 2 nitrogen and oxygen atoms in total. The molecule has 0 saturated heterocycles. The Kier molecular flexibility index (Phi) is 9.44. The Balaban J connectivity index is 2.52. The maximum Gasteiger partial charge on any atom is 0.256 e. The molecule has 0 atom stereocenters. The summed E-state index contributed by atoms with van der Waals surface area (Å²) in [5.74, 6) is 1.56. The molecule has 0 bridgehead atoms. The monoisotopic (exact) mass is 279 g/mol. The largest absolute Gasteiger partial charge is 0.256 e. The van der Waals surface area contributed by atoms with E-state index < -0.39 is 0 Å². The lowest BCUT2D eigenvalue weighted by molar-refractivity contribution is -0.704. The van der Waals surface area contributed by atoms with Crippen molar-refractivity contribution < 1.29 is 4.57 Å². The minimum Gasteiger partial charge on any atom is -0.234 e. The van der Waals surface area contributed by atoms with Gasteiger partial charge in [-0.25, -0.2) is 9.13 Å². The van der Waals surface area contributed by atoms with Crippen molar-refractivity contribution in [1.82, 2.24) is 4.57 Å². The van der Waals surface area contributed by atoms with Crippen LogP contribution >= 0.6 is 0 Å². The second-order valence-electron chi connectivity index (χ2n) is 5.97. The molecule has 0 aliphatic rings. The average Bonchev–Trinajstić information content (AvgIpc) is 2.83. The Morgan fingerprint density at radius 3 is 2.20 bits per heavy atom. The molecule has 0 saturated carbocycles. The molecule has 2 heteroatoms. The fraction of sp³-hybridized carbons (Fsp3) is 0.833. The minimum absolute atomic E-state index is 1.17. The van der Waals surface area contributed by atoms with Crippen molar-refractivity contribution in [3.8, 4) is 0 Å². The zero-order valence-corrected chi connectivity index (χ0v) is 14.0. The minimum atomic E-state index is 1.17. The summed E-state index contributed by atoms with van der Waals surface area (Å²) in [4.78, 5) is 0. The molecule has 0 radical (unpaired) electrons. The summed E-state index contributed by atoms with van der Waals surface area (Å²) in [5, 5.41) is 0. The topological polar surface area (TPSA) is 8.81 Å². The number of nitrogens with zero attached hydrogens (tertiary/aromatic N) is 2. The van der Waals surface area contributed by atoms with Crippen LogP contribution in [0.3, 0.4) is 0 Å². The molecule has 0 aliphatic heterocycles. The zero-order chi connectivity index (χ0) is 14.6. The molecule has 1 rings (SSSR count). The maximum atomic E-state index is 2.51. The van der Waals surface area contributed by atoms with Crippen molar-refractivity contribution in [2.45, 2.75) is 98.1 Å². The van der Waals surface area contributed by atoms with E-state index in [9.17, 15) is 0 Å². The number of hydrogen-bond acceptors (Lipinski definition) is 0. The Morgan fingerprint density at radius 1 is 0.850 bits per heavy atom. The summed E-state index contributed by atoms with van der Waals surface area (Å²) < 4.78 is 4.99. The van der Waals surface area contributed by atoms with Crippen LogP contribution in [0.2, 0.25) is 0 Å². The fourth-order valence-corrected chi connectivity index (χ4v) is 2.85. The summed E-state index contributed by atoms with van der Waals surface area (Å²) in [7, 11) is 0. The van der Waals surface area contributed by atoms with Crippen molar-refractivity contribution in [3.05, 3.63) is 18.2 Å². The highest BCUT2D eigenvalue weighted by Gasteiger charge is 2.15. The third-order valence-electron chi connectivity index (χ3n) is 4.06. The number of rotatable bonds is 12. The molecule has 0 fully saturated rings. The lowest BCUT2D eigenvalue weighted by Gasteiger charge is -2.05. The second-order valence-corrected chi connectivity index (χ2v) is 5.97. The van der Waals surface area contributed by atoms with Gasteiger partial charge in [0.2, 0.25) is 0 Å². The summed E-state index contributed by atoms with van der Waals surface area (Å²) in [6.07, 6.45) is 17.9. The smallest absolute Gasteiger partial charge is 0.234 e. The van der Waals surface area contributed by atoms with E-state index in [1.807, 2.05) is 0 Å². The molecule has 0 aromatic carbocycles. The van der Waals surface area contributed by atoms with Gasteiger partial charge in [0.15, 0.2) is 0 Å². The predicted molar refractivity (Wildman–Crippen MR) is 86.9 cm³/mol. The second kappa shape index (κ2) is 10.9. The van der Waals surface area contributed by atoms with Gasteiger partial charge in [0, 0.05) is 6.42 Å². The van der Waals surface area contributed by atoms with Crippen LogP contribution in [0.25, 0.3) is 0 Å². The molecule has 1 heterocycles. The summed E-state index contributed by atoms with van der Waals surface area (Å²) in [6.45, 7) is 9.22. The third kappa shape index (κ3) is 6.11. The molecule has 1 aromatic rings. The normalized spacial score (nSPS) is 11.2. The lowest BCUT2D eigenvalue weighted by Crippen LogP contribution is -2.37. The first kappa shape index (κ1) is 17.3. The van der Waals surface area contributed by atoms with E-state index in [-0.39, 0.29) is 0 Å². The first-order chi connectivity index (χ1) is 9.83. The number of imidazole rings is 1. The van der Waals surface area contributed by atoms with E-state index in [0.717, 1.165) is 0 Å². The van der Waals surface area contributed by atoms with Gasteiger partial charge in [-0.15, -0.1) is 0 Å². The van der Waals surface area contributed by atoms with E-state index in [2.05, 4.69) is 42.3 Å². The number of unbranched alkanes of at least 4 members (excludes halogenated alkanes) is 6. The Morgan fingerprint density at radius 2 is 1.55 bits per heavy atom. The van der Waals surface area contributed by atoms with Crippen LogP contribution < -0.4 is 4.57 Å². The SMILES string of the molecule is CCCCCCc1n(CCC)cc[n+]1CCCCCC.